The van der Waals surface area contributed by atoms with Gasteiger partial charge in [0.2, 0.25) is 0 Å². The van der Waals surface area contributed by atoms with E-state index in [2.05, 4.69) is 5.43 Å². The van der Waals surface area contributed by atoms with Gasteiger partial charge in [-0.25, -0.2) is 4.79 Å². The van der Waals surface area contributed by atoms with Gasteiger partial charge in [0, 0.05) is 34.0 Å². The van der Waals surface area contributed by atoms with Crippen molar-refractivity contribution < 1.29 is 24.2 Å². The lowest BCUT2D eigenvalue weighted by atomic mass is 9.98. The first-order valence-corrected chi connectivity index (χ1v) is 11.4. The van der Waals surface area contributed by atoms with E-state index in [0.717, 1.165) is 0 Å². The Balaban J connectivity index is 2.26. The number of fused-ring (bicyclic) bond motifs is 1. The van der Waals surface area contributed by atoms with Crippen LogP contribution in [0, 0.1) is 5.92 Å². The van der Waals surface area contributed by atoms with E-state index in [9.17, 15) is 19.5 Å². The smallest absolute Gasteiger partial charge is 0.363 e. The predicted octanol–water partition coefficient (Wildman–Crippen LogP) is 4.54. The zero-order chi connectivity index (χ0) is 24.3. The third-order valence-corrected chi connectivity index (χ3v) is 6.05. The predicted molar refractivity (Wildman–Crippen MR) is 127 cm³/mol. The molecule has 0 bridgehead atoms. The number of Topliss-reactive ketones (excluding diaryl/α,β-unsaturated/α-hetero) is 1. The lowest BCUT2D eigenvalue weighted by Crippen LogP contribution is -2.69. The van der Waals surface area contributed by atoms with Gasteiger partial charge in [-0.15, -0.1) is 10.0 Å². The van der Waals surface area contributed by atoms with Gasteiger partial charge < -0.3 is 9.84 Å². The number of aliphatic carboxylic acids is 1. The second-order valence-electron chi connectivity index (χ2n) is 8.62. The van der Waals surface area contributed by atoms with Crippen molar-refractivity contribution >= 4 is 46.5 Å². The van der Waals surface area contributed by atoms with Crippen LogP contribution in [-0.4, -0.2) is 42.0 Å². The van der Waals surface area contributed by atoms with Gasteiger partial charge in [-0.1, -0.05) is 55.2 Å². The fourth-order valence-corrected chi connectivity index (χ4v) is 4.62. The van der Waals surface area contributed by atoms with E-state index in [1.807, 2.05) is 26.0 Å². The molecule has 0 radical (unpaired) electrons. The summed E-state index contributed by atoms with van der Waals surface area (Å²) in [6.07, 6.45) is -0.959. The number of amides is 1. The molecule has 1 amide bonds. The average Bonchev–Trinajstić information content (AvgIpc) is 2.83. The summed E-state index contributed by atoms with van der Waals surface area (Å²) in [5.41, 5.74) is 4.77. The minimum absolute atomic E-state index is 0.00591. The molecule has 3 atom stereocenters. The molecule has 2 N–H and O–H groups in total. The van der Waals surface area contributed by atoms with E-state index in [1.54, 1.807) is 30.3 Å². The van der Waals surface area contributed by atoms with Crippen LogP contribution in [0.25, 0.3) is 0 Å². The quantitative estimate of drug-likeness (QED) is 0.524. The Morgan fingerprint density at radius 3 is 2.48 bits per heavy atom. The number of hydrogen-bond donors (Lipinski definition) is 2. The minimum Gasteiger partial charge on any atom is -0.480 e. The van der Waals surface area contributed by atoms with Crippen LogP contribution >= 0.6 is 23.2 Å². The third kappa shape index (κ3) is 5.45. The van der Waals surface area contributed by atoms with Crippen LogP contribution in [0.5, 0.6) is 0 Å². The number of carboxylic acids is 1. The van der Waals surface area contributed by atoms with Crippen LogP contribution in [0.2, 0.25) is 10.0 Å². The summed E-state index contributed by atoms with van der Waals surface area (Å²) in [5.74, 6) is -1.91. The molecule has 1 heterocycles. The van der Waals surface area contributed by atoms with E-state index in [4.69, 9.17) is 27.9 Å². The summed E-state index contributed by atoms with van der Waals surface area (Å²) in [4.78, 5) is 37.5. The maximum Gasteiger partial charge on any atom is 0.363 e. The van der Waals surface area contributed by atoms with Crippen molar-refractivity contribution in [1.82, 2.24) is 10.0 Å². The molecule has 1 unspecified atom stereocenters. The van der Waals surface area contributed by atoms with Crippen molar-refractivity contribution in [2.45, 2.75) is 39.3 Å². The van der Waals surface area contributed by atoms with Gasteiger partial charge in [0.15, 0.2) is 18.3 Å². The normalized spacial score (nSPS) is 21.4. The summed E-state index contributed by atoms with van der Waals surface area (Å²) in [6.45, 7) is 5.13. The Morgan fingerprint density at radius 1 is 1.18 bits per heavy atom. The number of ether oxygens (including phenoxy) is 1. The lowest BCUT2D eigenvalue weighted by Gasteiger charge is -2.37. The highest BCUT2D eigenvalue weighted by Gasteiger charge is 2.49. The molecule has 33 heavy (non-hydrogen) atoms. The molecule has 0 aliphatic carbocycles. The Labute approximate surface area is 202 Å². The van der Waals surface area contributed by atoms with E-state index in [0.29, 0.717) is 26.9 Å². The second-order valence-corrected chi connectivity index (χ2v) is 9.47. The van der Waals surface area contributed by atoms with E-state index in [-0.39, 0.29) is 37.2 Å². The van der Waals surface area contributed by atoms with Crippen LogP contribution in [0.1, 0.15) is 44.4 Å². The average molecular weight is 494 g/mol. The van der Waals surface area contributed by atoms with Crippen molar-refractivity contribution in [3.63, 3.8) is 0 Å². The summed E-state index contributed by atoms with van der Waals surface area (Å²) < 4.78 is 5.57. The number of ketones is 1. The van der Waals surface area contributed by atoms with E-state index >= 15 is 0 Å². The molecular weight excluding hydrogens is 467 g/mol. The van der Waals surface area contributed by atoms with Crippen LogP contribution in [0.3, 0.4) is 0 Å². The molecule has 7 nitrogen and oxygen atoms in total. The standard InChI is InChI=1S/C24H26Cl2N2O5/c1-14(2)12-28(27-20(24(31)32)10-15(3)29)21-9-8-16(25)11-18(21)23(33-13-22(28)30)17-6-4-5-7-19(17)26/h4-9,11,14,20,23,27H,10,12-13H2,1-3H3/p+1/t20-,23+,28?/m0/s1. The Morgan fingerprint density at radius 2 is 1.88 bits per heavy atom. The third-order valence-electron chi connectivity index (χ3n) is 5.48. The SMILES string of the molecule is CC(=O)C[C@H](N[N+]1(CC(C)C)C(=O)CO[C@H](c2ccccc2Cl)c2cc(Cl)ccc21)C(=O)O. The molecule has 0 aromatic heterocycles. The molecule has 2 aromatic carbocycles. The van der Waals surface area contributed by atoms with Gasteiger partial charge in [0.05, 0.1) is 5.56 Å². The topological polar surface area (TPSA) is 92.7 Å². The molecule has 2 aromatic rings. The molecule has 9 heteroatoms. The Bertz CT molecular complexity index is 1070. The number of quaternary nitrogens is 1. The first kappa shape index (κ1) is 25.3. The fourth-order valence-electron chi connectivity index (χ4n) is 4.20. The zero-order valence-corrected chi connectivity index (χ0v) is 20.2. The van der Waals surface area contributed by atoms with Crippen molar-refractivity contribution in [3.05, 3.63) is 63.6 Å². The molecule has 0 saturated heterocycles. The molecular formula is C24H27Cl2N2O5+. The molecule has 0 saturated carbocycles. The van der Waals surface area contributed by atoms with Gasteiger partial charge in [-0.3, -0.25) is 9.59 Å². The monoisotopic (exact) mass is 493 g/mol. The first-order valence-electron chi connectivity index (χ1n) is 10.6. The maximum absolute atomic E-state index is 13.7. The number of nitrogens with zero attached hydrogens (tertiary/aromatic N) is 1. The molecule has 1 aliphatic rings. The van der Waals surface area contributed by atoms with Gasteiger partial charge in [0.25, 0.3) is 0 Å². The number of benzene rings is 2. The Kier molecular flexibility index (Phi) is 7.92. The van der Waals surface area contributed by atoms with Crippen LogP contribution in [0.15, 0.2) is 42.5 Å². The maximum atomic E-state index is 13.7. The molecule has 0 fully saturated rings. The minimum atomic E-state index is -1.27. The van der Waals surface area contributed by atoms with Crippen LogP contribution < -0.4 is 10.0 Å². The molecule has 0 spiro atoms. The van der Waals surface area contributed by atoms with Crippen LogP contribution in [-0.2, 0) is 19.1 Å². The number of nitrogens with one attached hydrogen (secondary N) is 1. The highest BCUT2D eigenvalue weighted by Crippen LogP contribution is 2.42. The Hall–Kier alpha value is -2.29. The molecule has 3 rings (SSSR count). The highest BCUT2D eigenvalue weighted by atomic mass is 35.5. The zero-order valence-electron chi connectivity index (χ0n) is 18.7. The van der Waals surface area contributed by atoms with E-state index in [1.165, 1.54) is 6.92 Å². The van der Waals surface area contributed by atoms with Gasteiger partial charge in [-0.2, -0.15) is 0 Å². The number of halogens is 2. The first-order chi connectivity index (χ1) is 15.5. The second kappa shape index (κ2) is 10.3. The van der Waals surface area contributed by atoms with Gasteiger partial charge >= 0.3 is 11.9 Å². The summed E-state index contributed by atoms with van der Waals surface area (Å²) in [5, 5.41) is 10.7. The van der Waals surface area contributed by atoms with Gasteiger partial charge in [-0.05, 0) is 25.1 Å². The molecule has 176 valence electrons. The number of hydrogen-bond acceptors (Lipinski definition) is 5. The van der Waals surface area contributed by atoms with Gasteiger partial charge in [0.1, 0.15) is 18.4 Å². The summed E-state index contributed by atoms with van der Waals surface area (Å²) >= 11 is 12.8. The number of carbonyl (C=O) groups is 3. The highest BCUT2D eigenvalue weighted by molar-refractivity contribution is 6.31. The van der Waals surface area contributed by atoms with Crippen molar-refractivity contribution in [3.8, 4) is 0 Å². The number of carbonyl (C=O) groups excluding carboxylic acids is 2. The molecule has 1 aliphatic heterocycles. The lowest BCUT2D eigenvalue weighted by molar-refractivity contribution is -0.147. The number of rotatable bonds is 8. The van der Waals surface area contributed by atoms with Crippen molar-refractivity contribution in [2.24, 2.45) is 5.92 Å². The van der Waals surface area contributed by atoms with Crippen molar-refractivity contribution in [2.75, 3.05) is 13.2 Å². The fraction of sp³-hybridized carbons (Fsp3) is 0.375. The number of carboxylic acid groups (broad SMARTS) is 1. The van der Waals surface area contributed by atoms with Crippen molar-refractivity contribution in [1.29, 1.82) is 0 Å². The summed E-state index contributed by atoms with van der Waals surface area (Å²) in [6, 6.07) is 11.0. The van der Waals surface area contributed by atoms with Crippen LogP contribution in [0.4, 0.5) is 5.69 Å². The van der Waals surface area contributed by atoms with E-state index < -0.39 is 22.7 Å². The summed E-state index contributed by atoms with van der Waals surface area (Å²) in [7, 11) is 0. The largest absolute Gasteiger partial charge is 0.480 e.